The molecule has 1 aliphatic heterocycles. The third-order valence-electron chi connectivity index (χ3n) is 6.00. The first-order valence-corrected chi connectivity index (χ1v) is 11.5. The number of hydrogen-bond acceptors (Lipinski definition) is 5. The predicted molar refractivity (Wildman–Crippen MR) is 124 cm³/mol. The van der Waals surface area contributed by atoms with Crippen molar-refractivity contribution in [2.24, 2.45) is 0 Å². The lowest BCUT2D eigenvalue weighted by Crippen LogP contribution is -2.44. The molecule has 5 nitrogen and oxygen atoms in total. The van der Waals surface area contributed by atoms with E-state index in [1.54, 1.807) is 0 Å². The van der Waals surface area contributed by atoms with E-state index in [2.05, 4.69) is 51.7 Å². The van der Waals surface area contributed by atoms with E-state index < -0.39 is 0 Å². The van der Waals surface area contributed by atoms with Gasteiger partial charge in [0, 0.05) is 28.9 Å². The van der Waals surface area contributed by atoms with Crippen LogP contribution in [0.3, 0.4) is 0 Å². The van der Waals surface area contributed by atoms with Crippen molar-refractivity contribution in [3.63, 3.8) is 0 Å². The van der Waals surface area contributed by atoms with Crippen molar-refractivity contribution in [3.05, 3.63) is 83.4 Å². The summed E-state index contributed by atoms with van der Waals surface area (Å²) in [4.78, 5) is 8.06. The number of thioether (sulfide) groups is 1. The number of benzene rings is 2. The molecule has 0 spiro atoms. The Kier molecular flexibility index (Phi) is 6.77. The minimum atomic E-state index is -0.104. The number of rotatable bonds is 7. The van der Waals surface area contributed by atoms with Crippen LogP contribution in [0.15, 0.2) is 66.0 Å². The highest BCUT2D eigenvalue weighted by molar-refractivity contribution is 8.00. The highest BCUT2D eigenvalue weighted by Crippen LogP contribution is 2.41. The van der Waals surface area contributed by atoms with E-state index in [9.17, 15) is 5.11 Å². The van der Waals surface area contributed by atoms with Gasteiger partial charge >= 0.3 is 0 Å². The standard InChI is InChI=1S/C25H28N4OS/c1-20-3-2-4-24(13-20)31-25(18-30)9-11-28(12-10-25)17-23-15-27-19-29(23)16-22-7-5-21(14-26)6-8-22/h2-8,13,15,19,30H,9-12,16-18H2,1H3. The molecule has 2 aromatic carbocycles. The lowest BCUT2D eigenvalue weighted by molar-refractivity contribution is 0.145. The first kappa shape index (κ1) is 21.6. The van der Waals surface area contributed by atoms with Crippen LogP contribution < -0.4 is 0 Å². The molecule has 0 aliphatic carbocycles. The van der Waals surface area contributed by atoms with Crippen LogP contribution in [0, 0.1) is 18.3 Å². The van der Waals surface area contributed by atoms with Gasteiger partial charge in [0.1, 0.15) is 0 Å². The summed E-state index contributed by atoms with van der Waals surface area (Å²) in [5.41, 5.74) is 4.28. The van der Waals surface area contributed by atoms with Crippen LogP contribution in [-0.2, 0) is 13.1 Å². The molecule has 3 aromatic rings. The van der Waals surface area contributed by atoms with Crippen molar-refractivity contribution in [2.75, 3.05) is 19.7 Å². The Labute approximate surface area is 188 Å². The Balaban J connectivity index is 1.36. The van der Waals surface area contributed by atoms with E-state index in [-0.39, 0.29) is 11.4 Å². The molecule has 0 radical (unpaired) electrons. The van der Waals surface area contributed by atoms with Gasteiger partial charge in [-0.1, -0.05) is 29.8 Å². The zero-order valence-electron chi connectivity index (χ0n) is 17.9. The fraction of sp³-hybridized carbons (Fsp3) is 0.360. The van der Waals surface area contributed by atoms with Gasteiger partial charge in [-0.05, 0) is 62.7 Å². The van der Waals surface area contributed by atoms with Crippen molar-refractivity contribution in [1.82, 2.24) is 14.5 Å². The topological polar surface area (TPSA) is 65.1 Å². The monoisotopic (exact) mass is 432 g/mol. The van der Waals surface area contributed by atoms with Crippen molar-refractivity contribution in [3.8, 4) is 6.07 Å². The maximum Gasteiger partial charge on any atom is 0.0991 e. The van der Waals surface area contributed by atoms with Crippen LogP contribution in [0.1, 0.15) is 35.2 Å². The summed E-state index contributed by atoms with van der Waals surface area (Å²) in [7, 11) is 0. The molecule has 1 aliphatic rings. The zero-order chi connectivity index (χ0) is 21.7. The number of nitriles is 1. The number of aryl methyl sites for hydroxylation is 1. The van der Waals surface area contributed by atoms with Gasteiger partial charge in [-0.2, -0.15) is 5.26 Å². The maximum absolute atomic E-state index is 10.2. The van der Waals surface area contributed by atoms with Crippen molar-refractivity contribution >= 4 is 11.8 Å². The molecule has 1 fully saturated rings. The number of piperidine rings is 1. The highest BCUT2D eigenvalue weighted by atomic mass is 32.2. The highest BCUT2D eigenvalue weighted by Gasteiger charge is 2.35. The normalized spacial score (nSPS) is 16.2. The van der Waals surface area contributed by atoms with Crippen LogP contribution >= 0.6 is 11.8 Å². The zero-order valence-corrected chi connectivity index (χ0v) is 18.7. The third kappa shape index (κ3) is 5.37. The van der Waals surface area contributed by atoms with E-state index in [1.165, 1.54) is 16.2 Å². The number of nitrogens with zero attached hydrogens (tertiary/aromatic N) is 4. The number of aromatic nitrogens is 2. The van der Waals surface area contributed by atoms with Crippen molar-refractivity contribution in [1.29, 1.82) is 5.26 Å². The lowest BCUT2D eigenvalue weighted by Gasteiger charge is -2.40. The molecule has 31 heavy (non-hydrogen) atoms. The van der Waals surface area contributed by atoms with Crippen LogP contribution in [0.2, 0.25) is 0 Å². The van der Waals surface area contributed by atoms with Crippen LogP contribution in [0.4, 0.5) is 0 Å². The van der Waals surface area contributed by atoms with E-state index in [0.717, 1.165) is 44.6 Å². The van der Waals surface area contributed by atoms with Gasteiger partial charge in [0.2, 0.25) is 0 Å². The quantitative estimate of drug-likeness (QED) is 0.605. The molecule has 1 N–H and O–H groups in total. The second kappa shape index (κ2) is 9.69. The summed E-state index contributed by atoms with van der Waals surface area (Å²) in [5.74, 6) is 0. The minimum absolute atomic E-state index is 0.104. The summed E-state index contributed by atoms with van der Waals surface area (Å²) >= 11 is 1.83. The Morgan fingerprint density at radius 1 is 1.13 bits per heavy atom. The Morgan fingerprint density at radius 2 is 1.90 bits per heavy atom. The molecule has 0 atom stereocenters. The van der Waals surface area contributed by atoms with E-state index in [4.69, 9.17) is 5.26 Å². The molecule has 1 saturated heterocycles. The fourth-order valence-corrected chi connectivity index (χ4v) is 5.42. The lowest BCUT2D eigenvalue weighted by atomic mass is 9.96. The molecule has 0 bridgehead atoms. The average molecular weight is 433 g/mol. The summed E-state index contributed by atoms with van der Waals surface area (Å²) in [6, 6.07) is 18.4. The number of hydrogen-bond donors (Lipinski definition) is 1. The molecule has 0 amide bonds. The second-order valence-corrected chi connectivity index (χ2v) is 9.90. The summed E-state index contributed by atoms with van der Waals surface area (Å²) in [6.45, 7) is 5.84. The van der Waals surface area contributed by atoms with Gasteiger partial charge < -0.3 is 9.67 Å². The van der Waals surface area contributed by atoms with Crippen LogP contribution in [0.25, 0.3) is 0 Å². The number of imidazole rings is 1. The second-order valence-electron chi connectivity index (χ2n) is 8.36. The van der Waals surface area contributed by atoms with E-state index >= 15 is 0 Å². The van der Waals surface area contributed by atoms with Gasteiger partial charge in [0.15, 0.2) is 0 Å². The Hall–Kier alpha value is -2.59. The average Bonchev–Trinajstić information content (AvgIpc) is 3.22. The fourth-order valence-electron chi connectivity index (χ4n) is 4.07. The van der Waals surface area contributed by atoms with Gasteiger partial charge in [-0.25, -0.2) is 4.98 Å². The largest absolute Gasteiger partial charge is 0.395 e. The van der Waals surface area contributed by atoms with Gasteiger partial charge in [-0.3, -0.25) is 4.90 Å². The molecule has 0 unspecified atom stereocenters. The number of aliphatic hydroxyl groups is 1. The molecule has 160 valence electrons. The molecule has 2 heterocycles. The Morgan fingerprint density at radius 3 is 2.58 bits per heavy atom. The van der Waals surface area contributed by atoms with Gasteiger partial charge in [-0.15, -0.1) is 11.8 Å². The smallest absolute Gasteiger partial charge is 0.0991 e. The number of aliphatic hydroxyl groups excluding tert-OH is 1. The van der Waals surface area contributed by atoms with Gasteiger partial charge in [0.05, 0.1) is 30.3 Å². The molecule has 0 saturated carbocycles. The van der Waals surface area contributed by atoms with E-state index in [0.29, 0.717) is 5.56 Å². The first-order valence-electron chi connectivity index (χ1n) is 10.7. The molecule has 1 aromatic heterocycles. The van der Waals surface area contributed by atoms with E-state index in [1.807, 2.05) is 48.6 Å². The number of likely N-dealkylation sites (tertiary alicyclic amines) is 1. The predicted octanol–water partition coefficient (Wildman–Crippen LogP) is 4.23. The van der Waals surface area contributed by atoms with Gasteiger partial charge in [0.25, 0.3) is 0 Å². The molecule has 4 rings (SSSR count). The summed E-state index contributed by atoms with van der Waals surface area (Å²) in [6.07, 6.45) is 5.75. The summed E-state index contributed by atoms with van der Waals surface area (Å²) < 4.78 is 2.07. The summed E-state index contributed by atoms with van der Waals surface area (Å²) in [5, 5.41) is 19.2. The maximum atomic E-state index is 10.2. The minimum Gasteiger partial charge on any atom is -0.395 e. The van der Waals surface area contributed by atoms with Crippen LogP contribution in [-0.4, -0.2) is 44.0 Å². The van der Waals surface area contributed by atoms with Crippen molar-refractivity contribution < 1.29 is 5.11 Å². The Bertz CT molecular complexity index is 1050. The SMILES string of the molecule is Cc1cccc(SC2(CO)CCN(Cc3cncn3Cc3ccc(C#N)cc3)CC2)c1. The van der Waals surface area contributed by atoms with Crippen LogP contribution in [0.5, 0.6) is 0 Å². The molecular formula is C25H28N4OS. The first-order chi connectivity index (χ1) is 15.1. The molecular weight excluding hydrogens is 404 g/mol. The van der Waals surface area contributed by atoms with Crippen molar-refractivity contribution in [2.45, 2.75) is 42.5 Å². The molecule has 6 heteroatoms. The third-order valence-corrected chi connectivity index (χ3v) is 7.46.